The zero-order chi connectivity index (χ0) is 20.5. The molecular weight excluding hydrogens is 368 g/mol. The number of hydrogen-bond donors (Lipinski definition) is 1. The second kappa shape index (κ2) is 7.54. The van der Waals surface area contributed by atoms with Crippen LogP contribution in [0.3, 0.4) is 0 Å². The molecule has 1 amide bonds. The van der Waals surface area contributed by atoms with E-state index in [1.807, 2.05) is 42.5 Å². The lowest BCUT2D eigenvalue weighted by atomic mass is 9.85. The molecule has 1 aliphatic carbocycles. The van der Waals surface area contributed by atoms with Gasteiger partial charge in [0.15, 0.2) is 0 Å². The Hall–Kier alpha value is -3.41. The van der Waals surface area contributed by atoms with Gasteiger partial charge in [0.05, 0.1) is 23.0 Å². The van der Waals surface area contributed by atoms with Crippen molar-refractivity contribution in [2.45, 2.75) is 32.2 Å². The number of aliphatic carboxylic acids is 1. The molecule has 1 unspecified atom stereocenters. The molecule has 0 radical (unpaired) electrons. The van der Waals surface area contributed by atoms with E-state index in [0.717, 1.165) is 52.8 Å². The molecule has 4 rings (SSSR count). The average Bonchev–Trinajstić information content (AvgIpc) is 3.24. The Morgan fingerprint density at radius 2 is 2.00 bits per heavy atom. The smallest absolute Gasteiger partial charge is 0.326 e. The van der Waals surface area contributed by atoms with Gasteiger partial charge in [-0.1, -0.05) is 18.2 Å². The van der Waals surface area contributed by atoms with Gasteiger partial charge in [0.2, 0.25) is 0 Å². The van der Waals surface area contributed by atoms with Crippen LogP contribution in [0.1, 0.15) is 47.1 Å². The molecule has 148 valence electrons. The van der Waals surface area contributed by atoms with Gasteiger partial charge in [0.1, 0.15) is 11.8 Å². The highest BCUT2D eigenvalue weighted by Crippen LogP contribution is 2.36. The van der Waals surface area contributed by atoms with Crippen LogP contribution in [0.5, 0.6) is 0 Å². The molecule has 0 bridgehead atoms. The van der Waals surface area contributed by atoms with E-state index >= 15 is 0 Å². The van der Waals surface area contributed by atoms with Crippen LogP contribution in [0.2, 0.25) is 0 Å². The van der Waals surface area contributed by atoms with Gasteiger partial charge in [0.25, 0.3) is 5.91 Å². The molecule has 0 saturated carbocycles. The van der Waals surface area contributed by atoms with E-state index in [1.165, 1.54) is 18.9 Å². The Bertz CT molecular complexity index is 1120. The number of likely N-dealkylation sites (N-methyl/N-ethyl adjacent to an activating group) is 1. The number of carbonyl (C=O) groups is 2. The van der Waals surface area contributed by atoms with E-state index in [0.29, 0.717) is 5.56 Å². The number of para-hydroxylation sites is 1. The second-order valence-electron chi connectivity index (χ2n) is 7.30. The van der Waals surface area contributed by atoms with Crippen LogP contribution in [0.15, 0.2) is 47.1 Å². The third-order valence-corrected chi connectivity index (χ3v) is 5.50. The molecule has 1 atom stereocenters. The Morgan fingerprint density at radius 1 is 1.21 bits per heavy atom. The van der Waals surface area contributed by atoms with Gasteiger partial charge in [-0.05, 0) is 61.6 Å². The first-order valence-corrected chi connectivity index (χ1v) is 9.63. The van der Waals surface area contributed by atoms with E-state index in [1.54, 1.807) is 6.26 Å². The van der Waals surface area contributed by atoms with Crippen LogP contribution in [-0.2, 0) is 11.2 Å². The normalized spacial score (nSPS) is 15.9. The summed E-state index contributed by atoms with van der Waals surface area (Å²) >= 11 is 0. The first kappa shape index (κ1) is 18.9. The summed E-state index contributed by atoms with van der Waals surface area (Å²) in [7, 11) is 1.53. The topological polar surface area (TPSA) is 83.6 Å². The van der Waals surface area contributed by atoms with Crippen LogP contribution >= 0.6 is 0 Å². The number of carboxylic acid groups (broad SMARTS) is 1. The highest BCUT2D eigenvalue weighted by atomic mass is 16.4. The summed E-state index contributed by atoms with van der Waals surface area (Å²) in [6.45, 7) is 1.51. The second-order valence-corrected chi connectivity index (χ2v) is 7.30. The number of nitrogens with zero attached hydrogens (tertiary/aromatic N) is 2. The fourth-order valence-electron chi connectivity index (χ4n) is 3.78. The number of allylic oxidation sites excluding steroid dienone is 1. The van der Waals surface area contributed by atoms with Crippen molar-refractivity contribution in [3.8, 4) is 0 Å². The quantitative estimate of drug-likeness (QED) is 0.720. The summed E-state index contributed by atoms with van der Waals surface area (Å²) < 4.78 is 5.47. The number of furan rings is 1. The molecule has 0 spiro atoms. The van der Waals surface area contributed by atoms with E-state index < -0.39 is 12.0 Å². The van der Waals surface area contributed by atoms with Crippen molar-refractivity contribution in [1.82, 2.24) is 9.88 Å². The number of carboxylic acids is 1. The highest BCUT2D eigenvalue weighted by molar-refractivity contribution is 6.09. The fourth-order valence-corrected chi connectivity index (χ4v) is 3.78. The lowest BCUT2D eigenvalue weighted by Gasteiger charge is -2.27. The van der Waals surface area contributed by atoms with Gasteiger partial charge in [-0.25, -0.2) is 9.78 Å². The molecule has 29 heavy (non-hydrogen) atoms. The molecule has 1 N–H and O–H groups in total. The molecule has 6 nitrogen and oxygen atoms in total. The van der Waals surface area contributed by atoms with Gasteiger partial charge in [-0.2, -0.15) is 0 Å². The maximum absolute atomic E-state index is 13.4. The van der Waals surface area contributed by atoms with Crippen LogP contribution in [0.25, 0.3) is 22.6 Å². The predicted molar refractivity (Wildman–Crippen MR) is 110 cm³/mol. The summed E-state index contributed by atoms with van der Waals surface area (Å²) in [4.78, 5) is 31.0. The van der Waals surface area contributed by atoms with Crippen LogP contribution < -0.4 is 0 Å². The zero-order valence-electron chi connectivity index (χ0n) is 16.4. The van der Waals surface area contributed by atoms with Crippen LogP contribution in [0.4, 0.5) is 0 Å². The molecule has 2 aromatic heterocycles. The zero-order valence-corrected chi connectivity index (χ0v) is 16.4. The van der Waals surface area contributed by atoms with Crippen LogP contribution in [0, 0.1) is 0 Å². The lowest BCUT2D eigenvalue weighted by Crippen LogP contribution is -2.40. The van der Waals surface area contributed by atoms with E-state index in [2.05, 4.69) is 0 Å². The van der Waals surface area contributed by atoms with Crippen molar-refractivity contribution < 1.29 is 19.1 Å². The van der Waals surface area contributed by atoms with Crippen LogP contribution in [-0.4, -0.2) is 40.0 Å². The lowest BCUT2D eigenvalue weighted by molar-refractivity contribution is -0.141. The molecule has 0 saturated heterocycles. The summed E-state index contributed by atoms with van der Waals surface area (Å²) in [6.07, 6.45) is 6.05. The van der Waals surface area contributed by atoms with Crippen molar-refractivity contribution >= 4 is 34.4 Å². The number of pyridine rings is 1. The number of hydrogen-bond acceptors (Lipinski definition) is 4. The van der Waals surface area contributed by atoms with Gasteiger partial charge < -0.3 is 14.4 Å². The minimum absolute atomic E-state index is 0.297. The maximum Gasteiger partial charge on any atom is 0.326 e. The van der Waals surface area contributed by atoms with E-state index in [-0.39, 0.29) is 5.91 Å². The summed E-state index contributed by atoms with van der Waals surface area (Å²) in [6, 6.07) is 10.3. The van der Waals surface area contributed by atoms with Gasteiger partial charge in [-0.15, -0.1) is 0 Å². The molecular formula is C23H22N2O4. The van der Waals surface area contributed by atoms with Crippen molar-refractivity contribution in [2.24, 2.45) is 0 Å². The number of carbonyl (C=O) groups excluding carboxylic acids is 1. The molecule has 0 aliphatic heterocycles. The average molecular weight is 390 g/mol. The predicted octanol–water partition coefficient (Wildman–Crippen LogP) is 4.25. The Kier molecular flexibility index (Phi) is 4.92. The number of aromatic nitrogens is 1. The van der Waals surface area contributed by atoms with E-state index in [9.17, 15) is 14.7 Å². The largest absolute Gasteiger partial charge is 0.480 e. The Balaban J connectivity index is 1.92. The standard InChI is InChI=1S/C23H22N2O4/c1-14(23(27)28)25(2)22(26)20-17-9-3-4-11-19(17)24-21-15(7-5-10-18(20)21)13-16-8-6-12-29-16/h3-4,6,8-9,11-14H,5,7,10H2,1-2H3,(H,27,28)/b15-13-. The first-order chi connectivity index (χ1) is 14.0. The summed E-state index contributed by atoms with van der Waals surface area (Å²) in [5.74, 6) is -0.590. The van der Waals surface area contributed by atoms with Crippen molar-refractivity contribution in [3.63, 3.8) is 0 Å². The molecule has 6 heteroatoms. The molecule has 0 fully saturated rings. The number of benzene rings is 1. The summed E-state index contributed by atoms with van der Waals surface area (Å²) in [5, 5.41) is 10.1. The fraction of sp³-hybridized carbons (Fsp3) is 0.261. The SMILES string of the molecule is CC(C(=O)O)N(C)C(=O)c1c2c(nc3ccccc13)/C(=C\c1ccco1)CCC2. The van der Waals surface area contributed by atoms with Crippen molar-refractivity contribution in [2.75, 3.05) is 7.05 Å². The third kappa shape index (κ3) is 3.42. The number of amides is 1. The van der Waals surface area contributed by atoms with Gasteiger partial charge in [-0.3, -0.25) is 4.79 Å². The molecule has 1 aliphatic rings. The number of rotatable bonds is 4. The molecule has 2 heterocycles. The van der Waals surface area contributed by atoms with E-state index in [4.69, 9.17) is 9.40 Å². The Labute approximate surface area is 168 Å². The molecule has 1 aromatic carbocycles. The van der Waals surface area contributed by atoms with Gasteiger partial charge >= 0.3 is 5.97 Å². The monoisotopic (exact) mass is 390 g/mol. The summed E-state index contributed by atoms with van der Waals surface area (Å²) in [5.41, 5.74) is 3.97. The Morgan fingerprint density at radius 3 is 2.72 bits per heavy atom. The first-order valence-electron chi connectivity index (χ1n) is 9.63. The van der Waals surface area contributed by atoms with Gasteiger partial charge in [0, 0.05) is 12.4 Å². The highest BCUT2D eigenvalue weighted by Gasteiger charge is 2.30. The van der Waals surface area contributed by atoms with Crippen molar-refractivity contribution in [1.29, 1.82) is 0 Å². The minimum atomic E-state index is -1.04. The van der Waals surface area contributed by atoms with Crippen molar-refractivity contribution in [3.05, 3.63) is 65.2 Å². The number of fused-ring (bicyclic) bond motifs is 2. The minimum Gasteiger partial charge on any atom is -0.480 e. The molecule has 3 aromatic rings. The third-order valence-electron chi connectivity index (χ3n) is 5.50. The maximum atomic E-state index is 13.4.